The van der Waals surface area contributed by atoms with Crippen molar-refractivity contribution in [2.24, 2.45) is 0 Å². The van der Waals surface area contributed by atoms with Crippen LogP contribution in [0.15, 0.2) is 28.7 Å². The Balaban J connectivity index is 2.31. The maximum absolute atomic E-state index is 12.1. The van der Waals surface area contributed by atoms with Crippen LogP contribution in [0.1, 0.15) is 24.5 Å². The Hall–Kier alpha value is -2.37. The van der Waals surface area contributed by atoms with E-state index in [0.29, 0.717) is 24.4 Å². The number of hydrogen-bond acceptors (Lipinski definition) is 5. The van der Waals surface area contributed by atoms with Gasteiger partial charge in [-0.15, -0.1) is 10.2 Å². The van der Waals surface area contributed by atoms with Crippen LogP contribution in [0.5, 0.6) is 5.75 Å². The predicted molar refractivity (Wildman–Crippen MR) is 73.5 cm³/mol. The van der Waals surface area contributed by atoms with Crippen molar-refractivity contribution in [3.63, 3.8) is 0 Å². The summed E-state index contributed by atoms with van der Waals surface area (Å²) in [6.45, 7) is 5.00. The Morgan fingerprint density at radius 1 is 1.25 bits per heavy atom. The fraction of sp³-hybridized carbons (Fsp3) is 0.357. The van der Waals surface area contributed by atoms with Gasteiger partial charge in [0.15, 0.2) is 0 Å². The van der Waals surface area contributed by atoms with E-state index in [1.54, 1.807) is 24.1 Å². The topological polar surface area (TPSA) is 68.5 Å². The smallest absolute Gasteiger partial charge is 0.311 e. The molecule has 1 heterocycles. The van der Waals surface area contributed by atoms with Gasteiger partial charge < -0.3 is 14.1 Å². The van der Waals surface area contributed by atoms with E-state index in [9.17, 15) is 4.79 Å². The molecule has 0 bridgehead atoms. The average Bonchev–Trinajstić information content (AvgIpc) is 2.98. The monoisotopic (exact) mass is 275 g/mol. The molecule has 0 radical (unpaired) electrons. The highest BCUT2D eigenvalue weighted by atomic mass is 16.5. The first kappa shape index (κ1) is 14.0. The molecule has 2 rings (SSSR count). The lowest BCUT2D eigenvalue weighted by Gasteiger charge is -2.15. The SMILES string of the molecule is CCN(CC)C(=O)c1nnc(-c2ccccc2OC)o1. The first-order valence-corrected chi connectivity index (χ1v) is 6.47. The van der Waals surface area contributed by atoms with Gasteiger partial charge in [-0.05, 0) is 26.0 Å². The fourth-order valence-corrected chi connectivity index (χ4v) is 1.89. The number of benzene rings is 1. The molecule has 0 spiro atoms. The van der Waals surface area contributed by atoms with Crippen LogP contribution in [0.2, 0.25) is 0 Å². The molecule has 106 valence electrons. The molecule has 0 saturated heterocycles. The molecule has 0 saturated carbocycles. The third kappa shape index (κ3) is 2.64. The second kappa shape index (κ2) is 6.18. The van der Waals surface area contributed by atoms with Gasteiger partial charge in [-0.2, -0.15) is 0 Å². The zero-order valence-corrected chi connectivity index (χ0v) is 11.8. The normalized spacial score (nSPS) is 10.3. The highest BCUT2D eigenvalue weighted by Gasteiger charge is 2.21. The number of hydrogen-bond donors (Lipinski definition) is 0. The summed E-state index contributed by atoms with van der Waals surface area (Å²) in [5, 5.41) is 7.74. The molecule has 2 aromatic rings. The van der Waals surface area contributed by atoms with E-state index in [-0.39, 0.29) is 17.7 Å². The Morgan fingerprint density at radius 3 is 2.60 bits per heavy atom. The van der Waals surface area contributed by atoms with Crippen molar-refractivity contribution in [1.29, 1.82) is 0 Å². The van der Waals surface area contributed by atoms with Gasteiger partial charge in [0.2, 0.25) is 0 Å². The lowest BCUT2D eigenvalue weighted by molar-refractivity contribution is 0.0733. The molecule has 0 aliphatic carbocycles. The van der Waals surface area contributed by atoms with Crippen LogP contribution in [0.3, 0.4) is 0 Å². The highest BCUT2D eigenvalue weighted by molar-refractivity contribution is 5.89. The molecule has 1 aromatic carbocycles. The number of carbonyl (C=O) groups is 1. The highest BCUT2D eigenvalue weighted by Crippen LogP contribution is 2.28. The number of nitrogens with zero attached hydrogens (tertiary/aromatic N) is 3. The standard InChI is InChI=1S/C14H17N3O3/c1-4-17(5-2)14(18)13-16-15-12(20-13)10-8-6-7-9-11(10)19-3/h6-9H,4-5H2,1-3H3. The summed E-state index contributed by atoms with van der Waals surface area (Å²) in [6, 6.07) is 7.29. The minimum atomic E-state index is -0.261. The van der Waals surface area contributed by atoms with E-state index in [1.165, 1.54) is 0 Å². The molecule has 0 aliphatic heterocycles. The first-order valence-electron chi connectivity index (χ1n) is 6.47. The summed E-state index contributed by atoms with van der Waals surface area (Å²) < 4.78 is 10.7. The lowest BCUT2D eigenvalue weighted by Crippen LogP contribution is -2.30. The second-order valence-corrected chi connectivity index (χ2v) is 4.09. The number of amides is 1. The number of aromatic nitrogens is 2. The Kier molecular flexibility index (Phi) is 4.34. The number of carbonyl (C=O) groups excluding carboxylic acids is 1. The quantitative estimate of drug-likeness (QED) is 0.837. The molecule has 6 heteroatoms. The number of para-hydroxylation sites is 1. The lowest BCUT2D eigenvalue weighted by atomic mass is 10.2. The Labute approximate surface area is 117 Å². The van der Waals surface area contributed by atoms with Crippen LogP contribution in [-0.2, 0) is 0 Å². The maximum Gasteiger partial charge on any atom is 0.311 e. The summed E-state index contributed by atoms with van der Waals surface area (Å²) in [5.74, 6) is 0.634. The minimum Gasteiger partial charge on any atom is -0.496 e. The van der Waals surface area contributed by atoms with Crippen molar-refractivity contribution in [3.8, 4) is 17.2 Å². The van der Waals surface area contributed by atoms with Crippen molar-refractivity contribution in [2.75, 3.05) is 20.2 Å². The van der Waals surface area contributed by atoms with Gasteiger partial charge >= 0.3 is 11.8 Å². The molecule has 20 heavy (non-hydrogen) atoms. The summed E-state index contributed by atoms with van der Waals surface area (Å²) in [7, 11) is 1.57. The van der Waals surface area contributed by atoms with Crippen molar-refractivity contribution in [2.45, 2.75) is 13.8 Å². The molecule has 1 amide bonds. The van der Waals surface area contributed by atoms with Gasteiger partial charge in [-0.25, -0.2) is 0 Å². The molecule has 1 aromatic heterocycles. The molecule has 0 atom stereocenters. The molecule has 6 nitrogen and oxygen atoms in total. The molecule has 0 N–H and O–H groups in total. The van der Waals surface area contributed by atoms with Crippen molar-refractivity contribution < 1.29 is 13.9 Å². The van der Waals surface area contributed by atoms with Gasteiger partial charge in [0.05, 0.1) is 12.7 Å². The molecular weight excluding hydrogens is 258 g/mol. The van der Waals surface area contributed by atoms with E-state index in [4.69, 9.17) is 9.15 Å². The summed E-state index contributed by atoms with van der Waals surface area (Å²) in [6.07, 6.45) is 0. The van der Waals surface area contributed by atoms with Crippen molar-refractivity contribution in [3.05, 3.63) is 30.2 Å². The van der Waals surface area contributed by atoms with E-state index >= 15 is 0 Å². The van der Waals surface area contributed by atoms with Crippen LogP contribution in [-0.4, -0.2) is 41.2 Å². The van der Waals surface area contributed by atoms with Crippen molar-refractivity contribution >= 4 is 5.91 Å². The van der Waals surface area contributed by atoms with Crippen molar-refractivity contribution in [1.82, 2.24) is 15.1 Å². The van der Waals surface area contributed by atoms with Crippen LogP contribution in [0.4, 0.5) is 0 Å². The van der Waals surface area contributed by atoms with E-state index < -0.39 is 0 Å². The predicted octanol–water partition coefficient (Wildman–Crippen LogP) is 2.23. The van der Waals surface area contributed by atoms with Gasteiger partial charge in [0.1, 0.15) is 5.75 Å². The minimum absolute atomic E-state index is 0.00499. The average molecular weight is 275 g/mol. The number of rotatable bonds is 5. The zero-order chi connectivity index (χ0) is 14.5. The first-order chi connectivity index (χ1) is 9.71. The van der Waals surface area contributed by atoms with Gasteiger partial charge in [0, 0.05) is 13.1 Å². The van der Waals surface area contributed by atoms with E-state index in [2.05, 4.69) is 10.2 Å². The summed E-state index contributed by atoms with van der Waals surface area (Å²) >= 11 is 0. The number of ether oxygens (including phenoxy) is 1. The zero-order valence-electron chi connectivity index (χ0n) is 11.8. The summed E-state index contributed by atoms with van der Waals surface area (Å²) in [5.41, 5.74) is 0.668. The molecule has 0 fully saturated rings. The maximum atomic E-state index is 12.1. The van der Waals surface area contributed by atoms with Crippen LogP contribution < -0.4 is 4.74 Å². The molecule has 0 unspecified atom stereocenters. The second-order valence-electron chi connectivity index (χ2n) is 4.09. The fourth-order valence-electron chi connectivity index (χ4n) is 1.89. The third-order valence-electron chi connectivity index (χ3n) is 3.00. The van der Waals surface area contributed by atoms with E-state index in [0.717, 1.165) is 0 Å². The molecular formula is C14H17N3O3. The van der Waals surface area contributed by atoms with Crippen LogP contribution in [0, 0.1) is 0 Å². The van der Waals surface area contributed by atoms with Gasteiger partial charge in [-0.1, -0.05) is 12.1 Å². The van der Waals surface area contributed by atoms with Gasteiger partial charge in [0.25, 0.3) is 5.89 Å². The largest absolute Gasteiger partial charge is 0.496 e. The third-order valence-corrected chi connectivity index (χ3v) is 3.00. The Morgan fingerprint density at radius 2 is 1.95 bits per heavy atom. The van der Waals surface area contributed by atoms with E-state index in [1.807, 2.05) is 26.0 Å². The summed E-state index contributed by atoms with van der Waals surface area (Å²) in [4.78, 5) is 13.7. The molecule has 0 aliphatic rings. The van der Waals surface area contributed by atoms with Crippen LogP contribution >= 0.6 is 0 Å². The number of methoxy groups -OCH3 is 1. The van der Waals surface area contributed by atoms with Crippen LogP contribution in [0.25, 0.3) is 11.5 Å². The van der Waals surface area contributed by atoms with Gasteiger partial charge in [-0.3, -0.25) is 4.79 Å². The Bertz CT molecular complexity index is 591.